The van der Waals surface area contributed by atoms with Crippen molar-refractivity contribution in [3.8, 4) is 22.6 Å². The van der Waals surface area contributed by atoms with E-state index in [2.05, 4.69) is 30.2 Å². The maximum atomic E-state index is 13.3. The highest BCUT2D eigenvalue weighted by molar-refractivity contribution is 5.95. The number of hydrogen-bond donors (Lipinski definition) is 2. The summed E-state index contributed by atoms with van der Waals surface area (Å²) in [7, 11) is 0. The van der Waals surface area contributed by atoms with Crippen LogP contribution < -0.4 is 0 Å². The molecular weight excluding hydrogens is 417 g/mol. The molecule has 0 saturated carbocycles. The Bertz CT molecular complexity index is 1230. The fourth-order valence-corrected chi connectivity index (χ4v) is 5.24. The van der Waals surface area contributed by atoms with E-state index < -0.39 is 0 Å². The van der Waals surface area contributed by atoms with E-state index in [0.29, 0.717) is 5.82 Å². The van der Waals surface area contributed by atoms with E-state index in [4.69, 9.17) is 4.98 Å². The number of nitrogens with one attached hydrogen (secondary N) is 2. The van der Waals surface area contributed by atoms with Crippen LogP contribution in [-0.4, -0.2) is 67.4 Å². The predicted octanol–water partition coefficient (Wildman–Crippen LogP) is 4.21. The average molecular weight is 446 g/mol. The highest BCUT2D eigenvalue weighted by atomic mass is 19.1. The van der Waals surface area contributed by atoms with Crippen LogP contribution in [0.5, 0.6) is 0 Å². The van der Waals surface area contributed by atoms with Gasteiger partial charge in [0.15, 0.2) is 5.82 Å². The molecular formula is C25H28FN7. The van der Waals surface area contributed by atoms with E-state index in [1.165, 1.54) is 50.9 Å². The quantitative estimate of drug-likeness (QED) is 0.481. The van der Waals surface area contributed by atoms with Gasteiger partial charge >= 0.3 is 0 Å². The number of halogens is 1. The summed E-state index contributed by atoms with van der Waals surface area (Å²) in [6.07, 6.45) is 5.20. The molecule has 2 aromatic heterocycles. The lowest BCUT2D eigenvalue weighted by Gasteiger charge is -2.36. The molecule has 0 radical (unpaired) electrons. The van der Waals surface area contributed by atoms with Crippen LogP contribution in [0.2, 0.25) is 0 Å². The fraction of sp³-hybridized carbons (Fsp3) is 0.400. The number of likely N-dealkylation sites (tertiary alicyclic amines) is 2. The second-order valence-corrected chi connectivity index (χ2v) is 9.20. The summed E-state index contributed by atoms with van der Waals surface area (Å²) in [6.45, 7) is 5.58. The number of hydrogen-bond acceptors (Lipinski definition) is 5. The molecule has 170 valence electrons. The average Bonchev–Trinajstić information content (AvgIpc) is 3.61. The number of aromatic amines is 2. The Kier molecular flexibility index (Phi) is 5.39. The molecule has 0 unspecified atom stereocenters. The van der Waals surface area contributed by atoms with E-state index in [0.717, 1.165) is 59.2 Å². The van der Waals surface area contributed by atoms with Gasteiger partial charge in [-0.15, -0.1) is 0 Å². The molecule has 0 spiro atoms. The van der Waals surface area contributed by atoms with E-state index in [1.807, 2.05) is 18.2 Å². The van der Waals surface area contributed by atoms with Gasteiger partial charge in [-0.2, -0.15) is 10.2 Å². The topological polar surface area (TPSA) is 76.7 Å². The van der Waals surface area contributed by atoms with Crippen LogP contribution in [0, 0.1) is 5.82 Å². The van der Waals surface area contributed by atoms with Crippen LogP contribution in [0.25, 0.3) is 33.5 Å². The fourth-order valence-electron chi connectivity index (χ4n) is 5.24. The first-order valence-electron chi connectivity index (χ1n) is 11.8. The largest absolute Gasteiger partial charge is 0.300 e. The minimum absolute atomic E-state index is 0.257. The molecule has 33 heavy (non-hydrogen) atoms. The van der Waals surface area contributed by atoms with E-state index in [1.54, 1.807) is 12.1 Å². The monoisotopic (exact) mass is 445 g/mol. The molecule has 4 heterocycles. The molecule has 8 heteroatoms. The maximum Gasteiger partial charge on any atom is 0.181 e. The third-order valence-corrected chi connectivity index (χ3v) is 7.06. The van der Waals surface area contributed by atoms with Crippen molar-refractivity contribution in [1.82, 2.24) is 35.2 Å². The first kappa shape index (κ1) is 20.5. The van der Waals surface area contributed by atoms with Crippen LogP contribution in [0.1, 0.15) is 31.5 Å². The zero-order valence-corrected chi connectivity index (χ0v) is 18.6. The van der Waals surface area contributed by atoms with Gasteiger partial charge in [0.2, 0.25) is 0 Å². The van der Waals surface area contributed by atoms with E-state index in [-0.39, 0.29) is 5.82 Å². The molecule has 7 nitrogen and oxygen atoms in total. The van der Waals surface area contributed by atoms with Gasteiger partial charge in [0.05, 0.1) is 17.8 Å². The van der Waals surface area contributed by atoms with Crippen LogP contribution in [-0.2, 0) is 6.54 Å². The second-order valence-electron chi connectivity index (χ2n) is 9.20. The number of fused-ring (bicyclic) bond motifs is 1. The summed E-state index contributed by atoms with van der Waals surface area (Å²) in [5, 5.41) is 16.1. The van der Waals surface area contributed by atoms with Gasteiger partial charge in [-0.3, -0.25) is 15.1 Å². The van der Waals surface area contributed by atoms with Gasteiger partial charge in [-0.1, -0.05) is 0 Å². The first-order valence-corrected chi connectivity index (χ1v) is 11.8. The molecule has 0 aliphatic carbocycles. The summed E-state index contributed by atoms with van der Waals surface area (Å²) < 4.78 is 13.3. The number of rotatable bonds is 5. The summed E-state index contributed by atoms with van der Waals surface area (Å²) in [6, 6.07) is 13.2. The smallest absolute Gasteiger partial charge is 0.181 e. The number of piperidine rings is 1. The molecule has 2 fully saturated rings. The zero-order chi connectivity index (χ0) is 22.2. The second kappa shape index (κ2) is 8.68. The Morgan fingerprint density at radius 1 is 0.879 bits per heavy atom. The Labute approximate surface area is 192 Å². The number of nitrogens with zero attached hydrogens (tertiary/aromatic N) is 5. The molecule has 2 aromatic carbocycles. The lowest BCUT2D eigenvalue weighted by Crippen LogP contribution is -2.43. The van der Waals surface area contributed by atoms with Crippen molar-refractivity contribution >= 4 is 10.9 Å². The van der Waals surface area contributed by atoms with Crippen LogP contribution in [0.4, 0.5) is 4.39 Å². The highest BCUT2D eigenvalue weighted by Crippen LogP contribution is 2.30. The Morgan fingerprint density at radius 2 is 1.64 bits per heavy atom. The summed E-state index contributed by atoms with van der Waals surface area (Å²) >= 11 is 0. The van der Waals surface area contributed by atoms with Crippen molar-refractivity contribution in [2.75, 3.05) is 26.2 Å². The van der Waals surface area contributed by atoms with E-state index >= 15 is 0 Å². The number of H-pyrrole nitrogens is 2. The molecule has 6 rings (SSSR count). The van der Waals surface area contributed by atoms with Gasteiger partial charge in [0.25, 0.3) is 0 Å². The lowest BCUT2D eigenvalue weighted by molar-refractivity contribution is 0.121. The normalized spacial score (nSPS) is 18.5. The zero-order valence-electron chi connectivity index (χ0n) is 18.6. The standard InChI is InChI=1S/C25H28FN7/c26-19-6-3-17(4-7-19)24-21-15-18(5-8-22(21)28-30-24)25-27-23(29-31-25)16-32-13-9-20(10-14-32)33-11-1-2-12-33/h3-8,15,20H,1-2,9-14,16H2,(H,28,30)(H,27,29,31). The van der Waals surface area contributed by atoms with Crippen molar-refractivity contribution in [3.05, 3.63) is 54.1 Å². The van der Waals surface area contributed by atoms with Crippen molar-refractivity contribution in [2.45, 2.75) is 38.3 Å². The number of benzene rings is 2. The van der Waals surface area contributed by atoms with Crippen molar-refractivity contribution < 1.29 is 4.39 Å². The molecule has 0 bridgehead atoms. The van der Waals surface area contributed by atoms with Gasteiger partial charge in [-0.05, 0) is 81.2 Å². The van der Waals surface area contributed by atoms with Crippen LogP contribution in [0.3, 0.4) is 0 Å². The lowest BCUT2D eigenvalue weighted by atomic mass is 10.0. The van der Waals surface area contributed by atoms with E-state index in [9.17, 15) is 4.39 Å². The van der Waals surface area contributed by atoms with Crippen molar-refractivity contribution in [2.24, 2.45) is 0 Å². The highest BCUT2D eigenvalue weighted by Gasteiger charge is 2.26. The first-order chi connectivity index (χ1) is 16.2. The Hall–Kier alpha value is -3.10. The van der Waals surface area contributed by atoms with Gasteiger partial charge < -0.3 is 4.90 Å². The van der Waals surface area contributed by atoms with Gasteiger partial charge in [0, 0.05) is 35.6 Å². The minimum atomic E-state index is -0.257. The molecule has 2 saturated heterocycles. The van der Waals surface area contributed by atoms with Gasteiger partial charge in [-0.25, -0.2) is 9.37 Å². The molecule has 2 N–H and O–H groups in total. The molecule has 2 aliphatic heterocycles. The maximum absolute atomic E-state index is 13.3. The molecule has 0 atom stereocenters. The van der Waals surface area contributed by atoms with Crippen molar-refractivity contribution in [1.29, 1.82) is 0 Å². The van der Waals surface area contributed by atoms with Crippen LogP contribution in [0.15, 0.2) is 42.5 Å². The third-order valence-electron chi connectivity index (χ3n) is 7.06. The third kappa shape index (κ3) is 4.16. The van der Waals surface area contributed by atoms with Gasteiger partial charge in [0.1, 0.15) is 11.6 Å². The van der Waals surface area contributed by atoms with Crippen LogP contribution >= 0.6 is 0 Å². The Morgan fingerprint density at radius 3 is 2.42 bits per heavy atom. The molecule has 2 aliphatic rings. The van der Waals surface area contributed by atoms with Crippen molar-refractivity contribution in [3.63, 3.8) is 0 Å². The predicted molar refractivity (Wildman–Crippen MR) is 126 cm³/mol. The Balaban J connectivity index is 1.16. The summed E-state index contributed by atoms with van der Waals surface area (Å²) in [4.78, 5) is 9.93. The minimum Gasteiger partial charge on any atom is -0.300 e. The SMILES string of the molecule is Fc1ccc(-c2n[nH]c3ccc(-c4n[nH]c(CN5CCC(N6CCCC6)CC5)n4)cc23)cc1. The number of aromatic nitrogens is 5. The molecule has 4 aromatic rings. The molecule has 0 amide bonds. The summed E-state index contributed by atoms with van der Waals surface area (Å²) in [5.74, 6) is 1.33. The summed E-state index contributed by atoms with van der Waals surface area (Å²) in [5.41, 5.74) is 3.52.